The van der Waals surface area contributed by atoms with Crippen LogP contribution in [0.25, 0.3) is 0 Å². The third kappa shape index (κ3) is 5.49. The highest BCUT2D eigenvalue weighted by molar-refractivity contribution is 5.76. The zero-order valence-electron chi connectivity index (χ0n) is 12.3. The Balaban J connectivity index is 4.63. The lowest BCUT2D eigenvalue weighted by Crippen LogP contribution is -2.45. The number of hydrogen-bond acceptors (Lipinski definition) is 5. The van der Waals surface area contributed by atoms with Gasteiger partial charge in [0.15, 0.2) is 0 Å². The first kappa shape index (κ1) is 16.9. The highest BCUT2D eigenvalue weighted by Crippen LogP contribution is 2.20. The normalized spacial score (nSPS) is 11.8. The number of carbonyl (C=O) groups excluding carboxylic acids is 2. The molecule has 0 heterocycles. The average Bonchev–Trinajstić information content (AvgIpc) is 2.26. The summed E-state index contributed by atoms with van der Waals surface area (Å²) in [4.78, 5) is 25.1. The van der Waals surface area contributed by atoms with Crippen LogP contribution < -0.4 is 0 Å². The summed E-state index contributed by atoms with van der Waals surface area (Å²) in [6.07, 6.45) is 0. The molecule has 0 spiro atoms. The van der Waals surface area contributed by atoms with Crippen molar-refractivity contribution in [1.82, 2.24) is 4.90 Å². The van der Waals surface area contributed by atoms with E-state index < -0.39 is 5.41 Å². The number of methoxy groups -OCH3 is 1. The topological polar surface area (TPSA) is 55.8 Å². The van der Waals surface area contributed by atoms with Gasteiger partial charge in [0.25, 0.3) is 0 Å². The van der Waals surface area contributed by atoms with Crippen LogP contribution in [-0.4, -0.2) is 49.7 Å². The van der Waals surface area contributed by atoms with Gasteiger partial charge >= 0.3 is 11.9 Å². The molecule has 0 radical (unpaired) electrons. The van der Waals surface area contributed by atoms with Crippen molar-refractivity contribution >= 4 is 11.9 Å². The summed E-state index contributed by atoms with van der Waals surface area (Å²) in [6.45, 7) is 10.3. The molecule has 0 fully saturated rings. The minimum atomic E-state index is -0.647. The molecule has 0 aromatic carbocycles. The minimum Gasteiger partial charge on any atom is -0.469 e. The van der Waals surface area contributed by atoms with E-state index >= 15 is 0 Å². The molecule has 0 N–H and O–H groups in total. The quantitative estimate of drug-likeness (QED) is 0.648. The summed E-state index contributed by atoms with van der Waals surface area (Å²) in [6, 6.07) is 0.151. The maximum Gasteiger partial charge on any atom is 0.320 e. The van der Waals surface area contributed by atoms with Crippen LogP contribution in [-0.2, 0) is 19.1 Å². The van der Waals surface area contributed by atoms with Crippen molar-refractivity contribution in [2.75, 3.05) is 26.8 Å². The van der Waals surface area contributed by atoms with E-state index in [1.807, 2.05) is 18.7 Å². The molecule has 0 aliphatic rings. The number of nitrogens with zero attached hydrogens (tertiary/aromatic N) is 1. The lowest BCUT2D eigenvalue weighted by molar-refractivity contribution is -0.154. The van der Waals surface area contributed by atoms with Crippen LogP contribution in [0.4, 0.5) is 0 Å². The van der Waals surface area contributed by atoms with E-state index in [1.54, 1.807) is 20.8 Å². The van der Waals surface area contributed by atoms with Crippen LogP contribution >= 0.6 is 0 Å². The van der Waals surface area contributed by atoms with Crippen molar-refractivity contribution < 1.29 is 19.1 Å². The summed E-state index contributed by atoms with van der Waals surface area (Å²) in [5, 5.41) is 0. The molecule has 0 aromatic rings. The van der Waals surface area contributed by atoms with Gasteiger partial charge in [-0.1, -0.05) is 0 Å². The van der Waals surface area contributed by atoms with E-state index in [-0.39, 0.29) is 24.5 Å². The summed E-state index contributed by atoms with van der Waals surface area (Å²) in [7, 11) is 1.37. The second-order valence-electron chi connectivity index (χ2n) is 5.18. The number of hydrogen-bond donors (Lipinski definition) is 0. The van der Waals surface area contributed by atoms with E-state index in [1.165, 1.54) is 7.11 Å². The van der Waals surface area contributed by atoms with Gasteiger partial charge in [-0.05, 0) is 34.6 Å². The van der Waals surface area contributed by atoms with Crippen LogP contribution in [0.2, 0.25) is 0 Å². The molecule has 0 aliphatic heterocycles. The number of rotatable bonds is 7. The standard InChI is InChI=1S/C13H25NO4/c1-7-18-11(15)8-14(10(2)3)9-13(4,5)12(16)17-6/h10H,7-9H2,1-6H3. The van der Waals surface area contributed by atoms with E-state index in [4.69, 9.17) is 9.47 Å². The molecule has 0 aromatic heterocycles. The Hall–Kier alpha value is -1.10. The fourth-order valence-electron chi connectivity index (χ4n) is 1.64. The Bertz CT molecular complexity index is 287. The van der Waals surface area contributed by atoms with Gasteiger partial charge in [0.2, 0.25) is 0 Å². The Morgan fingerprint density at radius 3 is 2.22 bits per heavy atom. The number of ether oxygens (including phenoxy) is 2. The summed E-state index contributed by atoms with van der Waals surface area (Å²) < 4.78 is 9.69. The second kappa shape index (κ2) is 7.36. The maximum absolute atomic E-state index is 11.6. The summed E-state index contributed by atoms with van der Waals surface area (Å²) in [5.74, 6) is -0.552. The zero-order valence-corrected chi connectivity index (χ0v) is 12.3. The molecule has 5 heteroatoms. The molecule has 0 saturated carbocycles. The van der Waals surface area contributed by atoms with Gasteiger partial charge in [-0.3, -0.25) is 14.5 Å². The van der Waals surface area contributed by atoms with Gasteiger partial charge in [-0.15, -0.1) is 0 Å². The molecule has 0 rings (SSSR count). The van der Waals surface area contributed by atoms with E-state index in [0.29, 0.717) is 13.2 Å². The largest absolute Gasteiger partial charge is 0.469 e. The van der Waals surface area contributed by atoms with Crippen molar-refractivity contribution in [3.05, 3.63) is 0 Å². The van der Waals surface area contributed by atoms with Gasteiger partial charge < -0.3 is 9.47 Å². The molecule has 0 atom stereocenters. The molecule has 0 amide bonds. The molecule has 0 unspecified atom stereocenters. The number of esters is 2. The summed E-state index contributed by atoms with van der Waals surface area (Å²) in [5.41, 5.74) is -0.647. The molecule has 0 saturated heterocycles. The van der Waals surface area contributed by atoms with Crippen LogP contribution in [0.15, 0.2) is 0 Å². The first-order chi connectivity index (χ1) is 8.24. The van der Waals surface area contributed by atoms with Crippen molar-refractivity contribution in [2.45, 2.75) is 40.7 Å². The third-order valence-corrected chi connectivity index (χ3v) is 2.70. The van der Waals surface area contributed by atoms with E-state index in [9.17, 15) is 9.59 Å². The summed E-state index contributed by atoms with van der Waals surface area (Å²) >= 11 is 0. The molecule has 106 valence electrons. The van der Waals surface area contributed by atoms with E-state index in [0.717, 1.165) is 0 Å². The van der Waals surface area contributed by atoms with Crippen LogP contribution in [0.1, 0.15) is 34.6 Å². The fourth-order valence-corrected chi connectivity index (χ4v) is 1.64. The Labute approximate surface area is 109 Å². The monoisotopic (exact) mass is 259 g/mol. The van der Waals surface area contributed by atoms with Gasteiger partial charge in [0.1, 0.15) is 0 Å². The molecule has 18 heavy (non-hydrogen) atoms. The first-order valence-corrected chi connectivity index (χ1v) is 6.22. The minimum absolute atomic E-state index is 0.151. The van der Waals surface area contributed by atoms with Crippen molar-refractivity contribution in [2.24, 2.45) is 5.41 Å². The SMILES string of the molecule is CCOC(=O)CN(CC(C)(C)C(=O)OC)C(C)C. The molecule has 5 nitrogen and oxygen atoms in total. The number of carbonyl (C=O) groups is 2. The lowest BCUT2D eigenvalue weighted by Gasteiger charge is -2.32. The van der Waals surface area contributed by atoms with Gasteiger partial charge in [0, 0.05) is 12.6 Å². The third-order valence-electron chi connectivity index (χ3n) is 2.70. The fraction of sp³-hybridized carbons (Fsp3) is 0.846. The van der Waals surface area contributed by atoms with Crippen LogP contribution in [0.3, 0.4) is 0 Å². The van der Waals surface area contributed by atoms with Crippen molar-refractivity contribution in [1.29, 1.82) is 0 Å². The average molecular weight is 259 g/mol. The van der Waals surface area contributed by atoms with Crippen molar-refractivity contribution in [3.8, 4) is 0 Å². The Morgan fingerprint density at radius 2 is 1.83 bits per heavy atom. The van der Waals surface area contributed by atoms with Crippen LogP contribution in [0, 0.1) is 5.41 Å². The highest BCUT2D eigenvalue weighted by atomic mass is 16.5. The lowest BCUT2D eigenvalue weighted by atomic mass is 9.92. The molecule has 0 bridgehead atoms. The van der Waals surface area contributed by atoms with E-state index in [2.05, 4.69) is 0 Å². The molecular weight excluding hydrogens is 234 g/mol. The van der Waals surface area contributed by atoms with Gasteiger partial charge in [-0.25, -0.2) is 0 Å². The zero-order chi connectivity index (χ0) is 14.3. The predicted octanol–water partition coefficient (Wildman–Crippen LogP) is 1.46. The Kier molecular flexibility index (Phi) is 6.91. The molecular formula is C13H25NO4. The maximum atomic E-state index is 11.6. The highest BCUT2D eigenvalue weighted by Gasteiger charge is 2.32. The van der Waals surface area contributed by atoms with Gasteiger partial charge in [-0.2, -0.15) is 0 Å². The Morgan fingerprint density at radius 1 is 1.28 bits per heavy atom. The van der Waals surface area contributed by atoms with Gasteiger partial charge in [0.05, 0.1) is 25.7 Å². The second-order valence-corrected chi connectivity index (χ2v) is 5.18. The first-order valence-electron chi connectivity index (χ1n) is 6.22. The smallest absolute Gasteiger partial charge is 0.320 e. The van der Waals surface area contributed by atoms with Crippen molar-refractivity contribution in [3.63, 3.8) is 0 Å². The molecule has 0 aliphatic carbocycles. The van der Waals surface area contributed by atoms with Crippen LogP contribution in [0.5, 0.6) is 0 Å². The predicted molar refractivity (Wildman–Crippen MR) is 69.1 cm³/mol.